The molecule has 0 aromatic heterocycles. The first kappa shape index (κ1) is 20.1. The molecule has 5 nitrogen and oxygen atoms in total. The number of carbonyl (C=O) groups excluding carboxylic acids is 1. The van der Waals surface area contributed by atoms with Crippen LogP contribution in [0.2, 0.25) is 0 Å². The molecule has 2 rings (SSSR count). The average Bonchev–Trinajstić information content (AvgIpc) is 2.43. The number of hydrogen-bond donors (Lipinski definition) is 0. The fourth-order valence-corrected chi connectivity index (χ4v) is 6.25. The van der Waals surface area contributed by atoms with Gasteiger partial charge in [-0.05, 0) is 104 Å². The summed E-state index contributed by atoms with van der Waals surface area (Å²) in [6, 6.07) is 10.2. The van der Waals surface area contributed by atoms with Crippen molar-refractivity contribution in [3.05, 3.63) is 58.7 Å². The molecule has 126 valence electrons. The lowest BCUT2D eigenvalue weighted by Crippen LogP contribution is -2.08. The Bertz CT molecular complexity index is 899. The molecule has 0 aliphatic carbocycles. The molecule has 9 heteroatoms. The molecule has 2 aromatic rings. The van der Waals surface area contributed by atoms with Gasteiger partial charge in [-0.15, -0.1) is 0 Å². The molecule has 0 N–H and O–H groups in total. The molecule has 0 aliphatic heterocycles. The third kappa shape index (κ3) is 5.64. The predicted octanol–water partition coefficient (Wildman–Crippen LogP) is 4.02. The van der Waals surface area contributed by atoms with Gasteiger partial charge in [0.1, 0.15) is 15.9 Å². The summed E-state index contributed by atoms with van der Waals surface area (Å²) in [5.41, 5.74) is 0.857. The smallest absolute Gasteiger partial charge is 0.336 e. The second-order valence-electron chi connectivity index (χ2n) is 4.48. The quantitative estimate of drug-likeness (QED) is 0.160. The predicted molar refractivity (Wildman–Crippen MR) is 114 cm³/mol. The maximum Gasteiger partial charge on any atom is 0.336 e. The topological polar surface area (TPSA) is 83.5 Å². The van der Waals surface area contributed by atoms with Crippen molar-refractivity contribution in [3.8, 4) is 5.75 Å². The first-order valence-electron chi connectivity index (χ1n) is 6.27. The highest BCUT2D eigenvalue weighted by Crippen LogP contribution is 2.29. The van der Waals surface area contributed by atoms with Crippen LogP contribution in [0, 0.1) is 10.7 Å². The zero-order valence-electron chi connectivity index (χ0n) is 11.7. The van der Waals surface area contributed by atoms with Gasteiger partial charge in [-0.2, -0.15) is 0 Å². The van der Waals surface area contributed by atoms with Crippen molar-refractivity contribution in [1.29, 1.82) is 0 Å². The minimum atomic E-state index is -4.58. The number of carbonyl (C=O) groups is 1. The summed E-state index contributed by atoms with van der Waals surface area (Å²) in [5, 5.41) is 0. The van der Waals surface area contributed by atoms with E-state index in [9.17, 15) is 17.8 Å². The number of ether oxygens (including phenoxy) is 1. The van der Waals surface area contributed by atoms with Gasteiger partial charge in [-0.1, -0.05) is 12.1 Å². The van der Waals surface area contributed by atoms with E-state index in [4.69, 9.17) is 4.74 Å². The highest BCUT2D eigenvalue weighted by Gasteiger charge is 2.15. The van der Waals surface area contributed by atoms with Gasteiger partial charge >= 0.3 is 5.97 Å². The molecule has 0 aliphatic rings. The monoisotopic (exact) mass is 681 g/mol. The van der Waals surface area contributed by atoms with Crippen LogP contribution in [0.1, 0.15) is 5.56 Å². The van der Waals surface area contributed by atoms with Crippen molar-refractivity contribution >= 4 is 89.9 Å². The minimum absolute atomic E-state index is 0.175. The molecule has 24 heavy (non-hydrogen) atoms. The van der Waals surface area contributed by atoms with Crippen LogP contribution in [0.15, 0.2) is 47.4 Å². The van der Waals surface area contributed by atoms with Gasteiger partial charge in [0.2, 0.25) is 0 Å². The van der Waals surface area contributed by atoms with Crippen molar-refractivity contribution in [3.63, 3.8) is 0 Å². The van der Waals surface area contributed by atoms with Crippen LogP contribution in [0.5, 0.6) is 5.75 Å². The molecule has 0 unspecified atom stereocenters. The summed E-state index contributed by atoms with van der Waals surface area (Å²) in [5.74, 6) is -0.424. The number of rotatable bonds is 4. The number of esters is 1. The Kier molecular flexibility index (Phi) is 7.04. The van der Waals surface area contributed by atoms with Gasteiger partial charge in [0.05, 0.1) is 4.90 Å². The normalized spacial score (nSPS) is 11.7. The van der Waals surface area contributed by atoms with E-state index in [1.54, 1.807) is 51.3 Å². The summed E-state index contributed by atoms with van der Waals surface area (Å²) >= 11 is 5.62. The fraction of sp³-hybridized carbons (Fsp3) is 0. The second-order valence-corrected chi connectivity index (χ2v) is 9.37. The number of halogens is 3. The van der Waals surface area contributed by atoms with E-state index in [0.717, 1.165) is 9.13 Å². The molecule has 0 radical (unpaired) electrons. The summed E-state index contributed by atoms with van der Waals surface area (Å²) in [7, 11) is -4.58. The molecule has 2 aromatic carbocycles. The van der Waals surface area contributed by atoms with E-state index < -0.39 is 16.1 Å². The van der Waals surface area contributed by atoms with Gasteiger partial charge in [-0.25, -0.2) is 13.2 Å². The average molecular weight is 681 g/mol. The van der Waals surface area contributed by atoms with Crippen LogP contribution >= 0.6 is 67.8 Å². The van der Waals surface area contributed by atoms with Gasteiger partial charge in [0.15, 0.2) is 0 Å². The Morgan fingerprint density at radius 3 is 2.25 bits per heavy atom. The molecular weight excluding hydrogens is 673 g/mol. The fourth-order valence-electron chi connectivity index (χ4n) is 1.76. The molecule has 0 saturated heterocycles. The van der Waals surface area contributed by atoms with E-state index in [-0.39, 0.29) is 17.8 Å². The van der Waals surface area contributed by atoms with Gasteiger partial charge < -0.3 is 9.29 Å². The van der Waals surface area contributed by atoms with Crippen LogP contribution in [0.25, 0.3) is 6.08 Å². The third-order valence-electron chi connectivity index (χ3n) is 2.70. The lowest BCUT2D eigenvalue weighted by molar-refractivity contribution is -0.128. The van der Waals surface area contributed by atoms with Crippen molar-refractivity contribution in [2.75, 3.05) is 0 Å². The summed E-state index contributed by atoms with van der Waals surface area (Å²) < 4.78 is 40.3. The van der Waals surface area contributed by atoms with E-state index in [0.29, 0.717) is 0 Å². The SMILES string of the molecule is O=C(/C=C/c1cccc(I)c1)Oc1cc(I)c(S(=O)(=O)[O-])c(I)c1. The summed E-state index contributed by atoms with van der Waals surface area (Å²) in [4.78, 5) is 11.6. The van der Waals surface area contributed by atoms with Crippen LogP contribution < -0.4 is 4.74 Å². The Labute approximate surface area is 180 Å². The highest BCUT2D eigenvalue weighted by molar-refractivity contribution is 14.1. The largest absolute Gasteiger partial charge is 0.744 e. The molecule has 0 heterocycles. The zero-order chi connectivity index (χ0) is 17.9. The molecular formula is C15H8I3O5S-. The molecule has 0 amide bonds. The van der Waals surface area contributed by atoms with E-state index in [1.165, 1.54) is 18.2 Å². The van der Waals surface area contributed by atoms with Crippen LogP contribution in [0.4, 0.5) is 0 Å². The maximum absolute atomic E-state index is 11.9. The Morgan fingerprint density at radius 1 is 1.08 bits per heavy atom. The summed E-state index contributed by atoms with van der Waals surface area (Å²) in [6.45, 7) is 0. The lowest BCUT2D eigenvalue weighted by Gasteiger charge is -2.13. The van der Waals surface area contributed by atoms with Gasteiger partial charge in [0.25, 0.3) is 0 Å². The lowest BCUT2D eigenvalue weighted by atomic mass is 10.2. The maximum atomic E-state index is 11.9. The molecule has 0 atom stereocenters. The Balaban J connectivity index is 2.18. The van der Waals surface area contributed by atoms with Crippen molar-refractivity contribution in [1.82, 2.24) is 0 Å². The zero-order valence-corrected chi connectivity index (χ0v) is 19.0. The molecule has 0 spiro atoms. The summed E-state index contributed by atoms with van der Waals surface area (Å²) in [6.07, 6.45) is 2.90. The number of benzene rings is 2. The van der Waals surface area contributed by atoms with Crippen LogP contribution in [-0.4, -0.2) is 18.9 Å². The van der Waals surface area contributed by atoms with Gasteiger partial charge in [-0.3, -0.25) is 0 Å². The molecule has 0 bridgehead atoms. The second kappa shape index (κ2) is 8.42. The van der Waals surface area contributed by atoms with Gasteiger partial charge in [0, 0.05) is 16.8 Å². The molecule has 0 saturated carbocycles. The molecule has 0 fully saturated rings. The van der Waals surface area contributed by atoms with Crippen molar-refractivity contribution in [2.45, 2.75) is 4.90 Å². The number of hydrogen-bond acceptors (Lipinski definition) is 5. The minimum Gasteiger partial charge on any atom is -0.744 e. The van der Waals surface area contributed by atoms with Crippen molar-refractivity contribution in [2.24, 2.45) is 0 Å². The first-order chi connectivity index (χ1) is 11.2. The van der Waals surface area contributed by atoms with E-state index in [1.807, 2.05) is 24.3 Å². The van der Waals surface area contributed by atoms with E-state index in [2.05, 4.69) is 22.6 Å². The van der Waals surface area contributed by atoms with Crippen LogP contribution in [-0.2, 0) is 14.9 Å². The third-order valence-corrected chi connectivity index (χ3v) is 6.75. The standard InChI is InChI=1S/C15H9I3O5S/c16-10-3-1-2-9(6-10)4-5-14(19)23-11-7-12(17)15(13(18)8-11)24(20,21)22/h1-8H,(H,20,21,22)/p-1/b5-4+. The first-order valence-corrected chi connectivity index (χ1v) is 10.9. The van der Waals surface area contributed by atoms with Crippen molar-refractivity contribution < 1.29 is 22.5 Å². The Hall–Kier alpha value is -0.250. The highest BCUT2D eigenvalue weighted by atomic mass is 127. The Morgan fingerprint density at radius 2 is 1.71 bits per heavy atom. The van der Waals surface area contributed by atoms with Crippen LogP contribution in [0.3, 0.4) is 0 Å². The van der Waals surface area contributed by atoms with E-state index >= 15 is 0 Å².